The summed E-state index contributed by atoms with van der Waals surface area (Å²) >= 11 is 0. The van der Waals surface area contributed by atoms with Gasteiger partial charge in [0.2, 0.25) is 0 Å². The molecule has 18 heavy (non-hydrogen) atoms. The number of phenols is 1. The van der Waals surface area contributed by atoms with Crippen LogP contribution >= 0.6 is 0 Å². The van der Waals surface area contributed by atoms with Crippen molar-refractivity contribution in [3.05, 3.63) is 53.6 Å². The van der Waals surface area contributed by atoms with Crippen molar-refractivity contribution >= 4 is 11.9 Å². The molecule has 0 saturated carbocycles. The highest BCUT2D eigenvalue weighted by molar-refractivity contribution is 6.08. The maximum Gasteiger partial charge on any atom is 0.189 e. The van der Waals surface area contributed by atoms with Gasteiger partial charge in [0.15, 0.2) is 5.78 Å². The van der Waals surface area contributed by atoms with Gasteiger partial charge in [0.25, 0.3) is 0 Å². The molecule has 0 saturated heterocycles. The van der Waals surface area contributed by atoms with E-state index in [1.807, 2.05) is 6.07 Å². The first-order valence-corrected chi connectivity index (χ1v) is 5.15. The van der Waals surface area contributed by atoms with Crippen molar-refractivity contribution in [2.75, 3.05) is 0 Å². The van der Waals surface area contributed by atoms with Crippen molar-refractivity contribution in [2.24, 2.45) is 0 Å². The summed E-state index contributed by atoms with van der Waals surface area (Å²) in [5.41, 5.74) is 0.416. The second kappa shape index (κ2) is 4.97. The second-order valence-electron chi connectivity index (χ2n) is 3.52. The van der Waals surface area contributed by atoms with Crippen LogP contribution in [0.25, 0.3) is 6.08 Å². The fourth-order valence-electron chi connectivity index (χ4n) is 1.42. The standard InChI is InChI=1S/C13H9N3O2/c14-8-9-1-2-11(17)10(7-9)12(18)3-4-13-15-5-6-16-13/h1-7,17H,(H,15,16)/b4-3+. The highest BCUT2D eigenvalue weighted by Gasteiger charge is 2.09. The Morgan fingerprint density at radius 1 is 1.50 bits per heavy atom. The van der Waals surface area contributed by atoms with E-state index in [0.717, 1.165) is 0 Å². The molecule has 0 fully saturated rings. The van der Waals surface area contributed by atoms with Crippen LogP contribution in [0.5, 0.6) is 5.75 Å². The van der Waals surface area contributed by atoms with E-state index in [1.54, 1.807) is 12.4 Å². The van der Waals surface area contributed by atoms with E-state index in [-0.39, 0.29) is 17.1 Å². The highest BCUT2D eigenvalue weighted by Crippen LogP contribution is 2.19. The van der Waals surface area contributed by atoms with Gasteiger partial charge in [0.1, 0.15) is 11.6 Å². The lowest BCUT2D eigenvalue weighted by Gasteiger charge is -2.00. The number of carbonyl (C=O) groups excluding carboxylic acids is 1. The topological polar surface area (TPSA) is 89.8 Å². The van der Waals surface area contributed by atoms with Gasteiger partial charge >= 0.3 is 0 Å². The predicted octanol–water partition coefficient (Wildman–Crippen LogP) is 1.88. The number of allylic oxidation sites excluding steroid dienone is 1. The Morgan fingerprint density at radius 2 is 2.33 bits per heavy atom. The number of ketones is 1. The van der Waals surface area contributed by atoms with Crippen molar-refractivity contribution in [2.45, 2.75) is 0 Å². The van der Waals surface area contributed by atoms with Gasteiger partial charge < -0.3 is 10.1 Å². The van der Waals surface area contributed by atoms with Gasteiger partial charge in [-0.2, -0.15) is 5.26 Å². The number of aromatic amines is 1. The minimum Gasteiger partial charge on any atom is -0.507 e. The maximum absolute atomic E-state index is 11.8. The van der Waals surface area contributed by atoms with Crippen LogP contribution in [0.1, 0.15) is 21.7 Å². The number of nitrogens with one attached hydrogen (secondary N) is 1. The monoisotopic (exact) mass is 239 g/mol. The van der Waals surface area contributed by atoms with E-state index in [2.05, 4.69) is 9.97 Å². The van der Waals surface area contributed by atoms with E-state index in [4.69, 9.17) is 5.26 Å². The zero-order chi connectivity index (χ0) is 13.0. The fraction of sp³-hybridized carbons (Fsp3) is 0. The summed E-state index contributed by atoms with van der Waals surface area (Å²) in [5.74, 6) is 0.00312. The Hall–Kier alpha value is -2.87. The summed E-state index contributed by atoms with van der Waals surface area (Å²) in [6.07, 6.45) is 5.99. The van der Waals surface area contributed by atoms with E-state index in [9.17, 15) is 9.90 Å². The van der Waals surface area contributed by atoms with Gasteiger partial charge in [0.05, 0.1) is 17.2 Å². The number of H-pyrrole nitrogens is 1. The third kappa shape index (κ3) is 2.44. The molecule has 0 spiro atoms. The summed E-state index contributed by atoms with van der Waals surface area (Å²) in [6.45, 7) is 0. The molecule has 2 rings (SSSR count). The second-order valence-corrected chi connectivity index (χ2v) is 3.52. The van der Waals surface area contributed by atoms with Crippen molar-refractivity contribution in [1.82, 2.24) is 9.97 Å². The van der Waals surface area contributed by atoms with E-state index < -0.39 is 0 Å². The zero-order valence-electron chi connectivity index (χ0n) is 9.29. The number of carbonyl (C=O) groups is 1. The third-order valence-electron chi connectivity index (χ3n) is 2.30. The molecular weight excluding hydrogens is 230 g/mol. The number of rotatable bonds is 3. The molecular formula is C13H9N3O2. The summed E-state index contributed by atoms with van der Waals surface area (Å²) in [4.78, 5) is 18.6. The molecule has 1 aromatic carbocycles. The lowest BCUT2D eigenvalue weighted by atomic mass is 10.1. The van der Waals surface area contributed by atoms with Gasteiger partial charge in [-0.1, -0.05) is 0 Å². The van der Waals surface area contributed by atoms with Crippen LogP contribution < -0.4 is 0 Å². The Bertz CT molecular complexity index is 637. The van der Waals surface area contributed by atoms with Gasteiger partial charge in [-0.3, -0.25) is 4.79 Å². The van der Waals surface area contributed by atoms with Crippen molar-refractivity contribution in [3.8, 4) is 11.8 Å². The average molecular weight is 239 g/mol. The first kappa shape index (κ1) is 11.6. The Morgan fingerprint density at radius 3 is 3.00 bits per heavy atom. The number of hydrogen-bond donors (Lipinski definition) is 2. The Labute approximate surface area is 103 Å². The first-order chi connectivity index (χ1) is 8.70. The molecule has 88 valence electrons. The number of benzene rings is 1. The van der Waals surface area contributed by atoms with Crippen LogP contribution in [-0.2, 0) is 0 Å². The van der Waals surface area contributed by atoms with Crippen LogP contribution in [0.15, 0.2) is 36.7 Å². The molecule has 0 radical (unpaired) electrons. The number of nitrogens with zero attached hydrogens (tertiary/aromatic N) is 2. The fourth-order valence-corrected chi connectivity index (χ4v) is 1.42. The molecule has 0 bridgehead atoms. The van der Waals surface area contributed by atoms with E-state index in [1.165, 1.54) is 30.4 Å². The quantitative estimate of drug-likeness (QED) is 0.632. The molecule has 0 aliphatic rings. The Balaban J connectivity index is 2.26. The summed E-state index contributed by atoms with van der Waals surface area (Å²) in [6, 6.07) is 6.04. The number of aromatic hydroxyl groups is 1. The molecule has 2 aromatic rings. The average Bonchev–Trinajstić information content (AvgIpc) is 2.89. The summed E-state index contributed by atoms with van der Waals surface area (Å²) in [5, 5.41) is 18.3. The van der Waals surface area contributed by atoms with Crippen LogP contribution in [0.2, 0.25) is 0 Å². The Kier molecular flexibility index (Phi) is 3.21. The van der Waals surface area contributed by atoms with Crippen LogP contribution in [0, 0.1) is 11.3 Å². The number of nitriles is 1. The summed E-state index contributed by atoms with van der Waals surface area (Å²) in [7, 11) is 0. The van der Waals surface area contributed by atoms with Gasteiger partial charge in [-0.15, -0.1) is 0 Å². The SMILES string of the molecule is N#Cc1ccc(O)c(C(=O)/C=C/c2ncc[nH]2)c1. The predicted molar refractivity (Wildman–Crippen MR) is 64.8 cm³/mol. The van der Waals surface area contributed by atoms with Crippen molar-refractivity contribution in [1.29, 1.82) is 5.26 Å². The molecule has 2 N–H and O–H groups in total. The molecule has 1 aromatic heterocycles. The molecule has 0 aliphatic carbocycles. The number of imidazole rings is 1. The van der Waals surface area contributed by atoms with Crippen LogP contribution in [0.3, 0.4) is 0 Å². The summed E-state index contributed by atoms with van der Waals surface area (Å²) < 4.78 is 0. The molecule has 0 aliphatic heterocycles. The molecule has 0 amide bonds. The minimum atomic E-state index is -0.388. The van der Waals surface area contributed by atoms with Crippen molar-refractivity contribution < 1.29 is 9.90 Å². The smallest absolute Gasteiger partial charge is 0.189 e. The number of hydrogen-bond acceptors (Lipinski definition) is 4. The first-order valence-electron chi connectivity index (χ1n) is 5.15. The van der Waals surface area contributed by atoms with Gasteiger partial charge in [0, 0.05) is 12.4 Å². The lowest BCUT2D eigenvalue weighted by Crippen LogP contribution is -1.96. The van der Waals surface area contributed by atoms with E-state index >= 15 is 0 Å². The maximum atomic E-state index is 11.8. The zero-order valence-corrected chi connectivity index (χ0v) is 9.29. The normalized spacial score (nSPS) is 10.4. The van der Waals surface area contributed by atoms with Crippen LogP contribution in [-0.4, -0.2) is 20.9 Å². The third-order valence-corrected chi connectivity index (χ3v) is 2.30. The molecule has 1 heterocycles. The number of aromatic nitrogens is 2. The van der Waals surface area contributed by atoms with Gasteiger partial charge in [-0.05, 0) is 30.4 Å². The molecule has 0 atom stereocenters. The molecule has 5 heteroatoms. The van der Waals surface area contributed by atoms with Crippen molar-refractivity contribution in [3.63, 3.8) is 0 Å². The van der Waals surface area contributed by atoms with Crippen LogP contribution in [0.4, 0.5) is 0 Å². The highest BCUT2D eigenvalue weighted by atomic mass is 16.3. The minimum absolute atomic E-state index is 0.0943. The number of phenolic OH excluding ortho intramolecular Hbond substituents is 1. The van der Waals surface area contributed by atoms with E-state index in [0.29, 0.717) is 11.4 Å². The molecule has 0 unspecified atom stereocenters. The van der Waals surface area contributed by atoms with Gasteiger partial charge in [-0.25, -0.2) is 4.98 Å². The largest absolute Gasteiger partial charge is 0.507 e. The molecule has 5 nitrogen and oxygen atoms in total. The lowest BCUT2D eigenvalue weighted by molar-refractivity contribution is 0.104.